The summed E-state index contributed by atoms with van der Waals surface area (Å²) < 4.78 is 10.2. The lowest BCUT2D eigenvalue weighted by molar-refractivity contribution is 0.0529. The number of aromatic nitrogens is 1. The number of methoxy groups -OCH3 is 1. The van der Waals surface area contributed by atoms with Crippen LogP contribution in [0.3, 0.4) is 0 Å². The number of hydrogen-bond acceptors (Lipinski definition) is 4. The summed E-state index contributed by atoms with van der Waals surface area (Å²) in [5.74, 6) is 0.721. The third-order valence-electron chi connectivity index (χ3n) is 2.26. The Labute approximate surface area is 120 Å². The summed E-state index contributed by atoms with van der Waals surface area (Å²) in [4.78, 5) is 15.4. The number of nitrogens with zero attached hydrogens (tertiary/aromatic N) is 1. The van der Waals surface area contributed by atoms with Crippen LogP contribution in [0, 0.1) is 0 Å². The molecule has 0 unspecified atom stereocenters. The van der Waals surface area contributed by atoms with Gasteiger partial charge in [-0.05, 0) is 38.8 Å². The molecule has 0 radical (unpaired) electrons. The zero-order valence-electron chi connectivity index (χ0n) is 12.5. The molecule has 5 heteroatoms. The second-order valence-corrected chi connectivity index (χ2v) is 5.28. The highest BCUT2D eigenvalue weighted by molar-refractivity contribution is 5.67. The van der Waals surface area contributed by atoms with Gasteiger partial charge in [-0.15, -0.1) is 0 Å². The molecule has 1 N–H and O–H groups in total. The molecule has 0 bridgehead atoms. The van der Waals surface area contributed by atoms with Crippen LogP contribution in [0.1, 0.15) is 32.8 Å². The Kier molecular flexibility index (Phi) is 6.03. The predicted molar refractivity (Wildman–Crippen MR) is 78.7 cm³/mol. The van der Waals surface area contributed by atoms with E-state index in [2.05, 4.69) is 10.3 Å². The lowest BCUT2D eigenvalue weighted by Gasteiger charge is -2.19. The topological polar surface area (TPSA) is 60.5 Å². The third-order valence-corrected chi connectivity index (χ3v) is 2.26. The van der Waals surface area contributed by atoms with Crippen molar-refractivity contribution in [3.8, 4) is 5.75 Å². The van der Waals surface area contributed by atoms with Crippen LogP contribution in [-0.4, -0.2) is 30.3 Å². The summed E-state index contributed by atoms with van der Waals surface area (Å²) in [5, 5.41) is 2.70. The van der Waals surface area contributed by atoms with Crippen molar-refractivity contribution < 1.29 is 14.3 Å². The lowest BCUT2D eigenvalue weighted by atomic mass is 10.2. The smallest absolute Gasteiger partial charge is 0.407 e. The number of alkyl carbamates (subject to hydrolysis) is 1. The van der Waals surface area contributed by atoms with Crippen LogP contribution < -0.4 is 10.1 Å². The van der Waals surface area contributed by atoms with Crippen molar-refractivity contribution >= 4 is 12.2 Å². The molecular weight excluding hydrogens is 256 g/mol. The molecule has 0 spiro atoms. The van der Waals surface area contributed by atoms with E-state index in [1.54, 1.807) is 19.5 Å². The summed E-state index contributed by atoms with van der Waals surface area (Å²) in [5.41, 5.74) is 0.494. The van der Waals surface area contributed by atoms with Gasteiger partial charge in [-0.3, -0.25) is 4.98 Å². The maximum atomic E-state index is 11.4. The minimum atomic E-state index is -0.466. The molecule has 0 fully saturated rings. The van der Waals surface area contributed by atoms with Crippen LogP contribution in [0.15, 0.2) is 24.5 Å². The molecular formula is C15H22N2O3. The minimum Gasteiger partial charge on any atom is -0.495 e. The molecule has 1 aromatic rings. The molecule has 0 aromatic carbocycles. The van der Waals surface area contributed by atoms with Gasteiger partial charge in [-0.1, -0.05) is 12.2 Å². The highest BCUT2D eigenvalue weighted by Crippen LogP contribution is 2.11. The molecule has 0 saturated heterocycles. The molecule has 1 rings (SSSR count). The molecule has 5 nitrogen and oxygen atoms in total. The SMILES string of the molecule is COc1cncc(C=CCCNC(=O)OC(C)(C)C)c1. The van der Waals surface area contributed by atoms with E-state index in [1.165, 1.54) is 0 Å². The van der Waals surface area contributed by atoms with Crippen molar-refractivity contribution in [1.82, 2.24) is 10.3 Å². The average molecular weight is 278 g/mol. The highest BCUT2D eigenvalue weighted by atomic mass is 16.6. The van der Waals surface area contributed by atoms with Gasteiger partial charge in [-0.25, -0.2) is 4.79 Å². The fourth-order valence-corrected chi connectivity index (χ4v) is 1.43. The zero-order valence-corrected chi connectivity index (χ0v) is 12.5. The van der Waals surface area contributed by atoms with Crippen LogP contribution >= 0.6 is 0 Å². The van der Waals surface area contributed by atoms with E-state index in [1.807, 2.05) is 39.0 Å². The molecule has 0 saturated carbocycles. The Hall–Kier alpha value is -2.04. The number of amides is 1. The Morgan fingerprint density at radius 2 is 2.15 bits per heavy atom. The minimum absolute atomic E-state index is 0.394. The number of rotatable bonds is 5. The number of pyridine rings is 1. The van der Waals surface area contributed by atoms with E-state index < -0.39 is 11.7 Å². The van der Waals surface area contributed by atoms with Crippen molar-refractivity contribution in [3.05, 3.63) is 30.1 Å². The van der Waals surface area contributed by atoms with Crippen LogP contribution in [0.4, 0.5) is 4.79 Å². The molecule has 1 heterocycles. The van der Waals surface area contributed by atoms with Gasteiger partial charge in [0.05, 0.1) is 13.3 Å². The predicted octanol–water partition coefficient (Wildman–Crippen LogP) is 3.02. The third kappa shape index (κ3) is 6.78. The largest absolute Gasteiger partial charge is 0.495 e. The van der Waals surface area contributed by atoms with E-state index in [0.29, 0.717) is 6.54 Å². The van der Waals surface area contributed by atoms with Gasteiger partial charge in [0.1, 0.15) is 11.4 Å². The van der Waals surface area contributed by atoms with Gasteiger partial charge in [0.25, 0.3) is 0 Å². The Morgan fingerprint density at radius 1 is 1.40 bits per heavy atom. The first kappa shape index (κ1) is 16.0. The van der Waals surface area contributed by atoms with E-state index in [0.717, 1.165) is 17.7 Å². The summed E-state index contributed by atoms with van der Waals surface area (Å²) in [6.45, 7) is 6.04. The van der Waals surface area contributed by atoms with Crippen molar-refractivity contribution in [1.29, 1.82) is 0 Å². The summed E-state index contributed by atoms with van der Waals surface area (Å²) in [6.07, 6.45) is 7.63. The van der Waals surface area contributed by atoms with E-state index in [4.69, 9.17) is 9.47 Å². The number of ether oxygens (including phenoxy) is 2. The quantitative estimate of drug-likeness (QED) is 0.841. The van der Waals surface area contributed by atoms with Crippen molar-refractivity contribution in [2.24, 2.45) is 0 Å². The number of hydrogen-bond donors (Lipinski definition) is 1. The second-order valence-electron chi connectivity index (χ2n) is 5.28. The molecule has 0 atom stereocenters. The highest BCUT2D eigenvalue weighted by Gasteiger charge is 2.15. The van der Waals surface area contributed by atoms with Gasteiger partial charge in [0.2, 0.25) is 0 Å². The van der Waals surface area contributed by atoms with Crippen LogP contribution in [-0.2, 0) is 4.74 Å². The Morgan fingerprint density at radius 3 is 2.80 bits per heavy atom. The normalized spacial score (nSPS) is 11.4. The molecule has 1 amide bonds. The first-order valence-corrected chi connectivity index (χ1v) is 6.53. The van der Waals surface area contributed by atoms with E-state index in [9.17, 15) is 4.79 Å². The van der Waals surface area contributed by atoms with Crippen LogP contribution in [0.2, 0.25) is 0 Å². The fourth-order valence-electron chi connectivity index (χ4n) is 1.43. The summed E-state index contributed by atoms with van der Waals surface area (Å²) in [6, 6.07) is 1.89. The number of carbonyl (C=O) groups is 1. The van der Waals surface area contributed by atoms with E-state index in [-0.39, 0.29) is 0 Å². The lowest BCUT2D eigenvalue weighted by Crippen LogP contribution is -2.32. The zero-order chi connectivity index (χ0) is 15.0. The second kappa shape index (κ2) is 7.53. The maximum Gasteiger partial charge on any atom is 0.407 e. The van der Waals surface area contributed by atoms with Gasteiger partial charge >= 0.3 is 6.09 Å². The Bertz CT molecular complexity index is 464. The first-order valence-electron chi connectivity index (χ1n) is 6.53. The molecule has 0 aliphatic carbocycles. The summed E-state index contributed by atoms with van der Waals surface area (Å²) >= 11 is 0. The van der Waals surface area contributed by atoms with E-state index >= 15 is 0 Å². The number of nitrogens with one attached hydrogen (secondary N) is 1. The fraction of sp³-hybridized carbons (Fsp3) is 0.467. The van der Waals surface area contributed by atoms with Crippen LogP contribution in [0.5, 0.6) is 5.75 Å². The maximum absolute atomic E-state index is 11.4. The van der Waals surface area contributed by atoms with Gasteiger partial charge in [0, 0.05) is 12.7 Å². The average Bonchev–Trinajstić information content (AvgIpc) is 2.36. The molecule has 1 aromatic heterocycles. The molecule has 20 heavy (non-hydrogen) atoms. The van der Waals surface area contributed by atoms with Gasteiger partial charge in [0.15, 0.2) is 0 Å². The molecule has 0 aliphatic rings. The van der Waals surface area contributed by atoms with Crippen LogP contribution in [0.25, 0.3) is 6.08 Å². The van der Waals surface area contributed by atoms with Crippen molar-refractivity contribution in [2.45, 2.75) is 32.8 Å². The first-order chi connectivity index (χ1) is 9.40. The molecule has 110 valence electrons. The molecule has 0 aliphatic heterocycles. The van der Waals surface area contributed by atoms with Gasteiger partial charge < -0.3 is 14.8 Å². The monoisotopic (exact) mass is 278 g/mol. The van der Waals surface area contributed by atoms with Crippen molar-refractivity contribution in [3.63, 3.8) is 0 Å². The Balaban J connectivity index is 2.30. The van der Waals surface area contributed by atoms with Crippen molar-refractivity contribution in [2.75, 3.05) is 13.7 Å². The summed E-state index contributed by atoms with van der Waals surface area (Å²) in [7, 11) is 1.61. The standard InChI is InChI=1S/C15H22N2O3/c1-15(2,3)20-14(18)17-8-6-5-7-12-9-13(19-4)11-16-10-12/h5,7,9-11H,6,8H2,1-4H3,(H,17,18). The number of carbonyl (C=O) groups excluding carboxylic acids is 1. The van der Waals surface area contributed by atoms with Gasteiger partial charge in [-0.2, -0.15) is 0 Å².